The number of nitrogens with zero attached hydrogens (tertiary/aromatic N) is 3. The molecule has 1 aliphatic heterocycles. The molecule has 24 heavy (non-hydrogen) atoms. The van der Waals surface area contributed by atoms with E-state index in [1.165, 1.54) is 12.1 Å². The molecule has 2 heterocycles. The summed E-state index contributed by atoms with van der Waals surface area (Å²) in [6.45, 7) is 1.98. The van der Waals surface area contributed by atoms with Crippen LogP contribution < -0.4 is 4.90 Å². The maximum atomic E-state index is 13.0. The standard InChI is InChI=1S/C17H14N4O3/c1-10-8-11-4-2-3-5-15(11)20(10)17(22)16-13-9-12(21(23)24)6-7-14(13)18-19-16/h2-7,9-10H,8H2,1H3,(H,18,19)/t10-/m0/s1. The van der Waals surface area contributed by atoms with Crippen molar-refractivity contribution in [3.63, 3.8) is 0 Å². The number of nitrogens with one attached hydrogen (secondary N) is 1. The number of aromatic nitrogens is 2. The number of aromatic amines is 1. The summed E-state index contributed by atoms with van der Waals surface area (Å²) >= 11 is 0. The molecule has 0 saturated heterocycles. The average molecular weight is 322 g/mol. The van der Waals surface area contributed by atoms with E-state index in [1.54, 1.807) is 11.0 Å². The monoisotopic (exact) mass is 322 g/mol. The van der Waals surface area contributed by atoms with E-state index in [-0.39, 0.29) is 23.3 Å². The molecule has 7 nitrogen and oxygen atoms in total. The molecular weight excluding hydrogens is 308 g/mol. The van der Waals surface area contributed by atoms with E-state index in [1.807, 2.05) is 31.2 Å². The highest BCUT2D eigenvalue weighted by atomic mass is 16.6. The summed E-state index contributed by atoms with van der Waals surface area (Å²) in [4.78, 5) is 25.3. The number of carbonyl (C=O) groups is 1. The quantitative estimate of drug-likeness (QED) is 0.579. The lowest BCUT2D eigenvalue weighted by Gasteiger charge is -2.21. The number of nitro benzene ring substituents is 1. The Morgan fingerprint density at radius 1 is 1.33 bits per heavy atom. The van der Waals surface area contributed by atoms with Crippen LogP contribution >= 0.6 is 0 Å². The van der Waals surface area contributed by atoms with Crippen LogP contribution in [0.25, 0.3) is 10.9 Å². The number of anilines is 1. The molecule has 0 radical (unpaired) electrons. The van der Waals surface area contributed by atoms with Crippen LogP contribution in [0.15, 0.2) is 42.5 Å². The SMILES string of the molecule is C[C@H]1Cc2ccccc2N1C(=O)c1n[nH]c2ccc([N+](=O)[O-])cc12. The van der Waals surface area contributed by atoms with Crippen LogP contribution in [0.2, 0.25) is 0 Å². The Labute approximate surface area is 137 Å². The Morgan fingerprint density at radius 3 is 2.92 bits per heavy atom. The van der Waals surface area contributed by atoms with Gasteiger partial charge in [0.05, 0.1) is 10.4 Å². The van der Waals surface area contributed by atoms with E-state index < -0.39 is 4.92 Å². The molecule has 0 aliphatic carbocycles. The number of amides is 1. The number of para-hydroxylation sites is 1. The van der Waals surface area contributed by atoms with E-state index in [0.717, 1.165) is 17.7 Å². The van der Waals surface area contributed by atoms with E-state index in [2.05, 4.69) is 10.2 Å². The number of non-ortho nitro benzene ring substituents is 1. The first-order valence-corrected chi connectivity index (χ1v) is 7.60. The summed E-state index contributed by atoms with van der Waals surface area (Å²) in [5.41, 5.74) is 2.73. The van der Waals surface area contributed by atoms with Gasteiger partial charge in [0.1, 0.15) is 0 Å². The lowest BCUT2D eigenvalue weighted by Crippen LogP contribution is -2.36. The summed E-state index contributed by atoms with van der Waals surface area (Å²) in [6, 6.07) is 12.1. The van der Waals surface area contributed by atoms with Crippen molar-refractivity contribution in [2.24, 2.45) is 0 Å². The van der Waals surface area contributed by atoms with Crippen molar-refractivity contribution in [2.45, 2.75) is 19.4 Å². The Balaban J connectivity index is 1.82. The van der Waals surface area contributed by atoms with Gasteiger partial charge < -0.3 is 4.90 Å². The summed E-state index contributed by atoms with van der Waals surface area (Å²) in [6.07, 6.45) is 0.782. The van der Waals surface area contributed by atoms with Gasteiger partial charge in [-0.25, -0.2) is 0 Å². The molecule has 1 N–H and O–H groups in total. The molecule has 4 rings (SSSR count). The molecule has 1 aliphatic rings. The maximum absolute atomic E-state index is 13.0. The second kappa shape index (κ2) is 5.16. The number of nitro groups is 1. The first-order valence-electron chi connectivity index (χ1n) is 7.60. The Morgan fingerprint density at radius 2 is 2.12 bits per heavy atom. The minimum Gasteiger partial charge on any atom is -0.304 e. The van der Waals surface area contributed by atoms with E-state index in [4.69, 9.17) is 0 Å². The number of H-pyrrole nitrogens is 1. The zero-order valence-corrected chi connectivity index (χ0v) is 12.9. The average Bonchev–Trinajstić information content (AvgIpc) is 3.13. The molecule has 120 valence electrons. The second-order valence-electron chi connectivity index (χ2n) is 5.92. The van der Waals surface area contributed by atoms with Gasteiger partial charge in [-0.05, 0) is 31.0 Å². The van der Waals surface area contributed by atoms with Gasteiger partial charge >= 0.3 is 0 Å². The van der Waals surface area contributed by atoms with Crippen molar-refractivity contribution >= 4 is 28.2 Å². The second-order valence-corrected chi connectivity index (χ2v) is 5.92. The zero-order chi connectivity index (χ0) is 16.8. The topological polar surface area (TPSA) is 92.1 Å². The number of rotatable bonds is 2. The smallest absolute Gasteiger partial charge is 0.279 e. The number of carbonyl (C=O) groups excluding carboxylic acids is 1. The third-order valence-corrected chi connectivity index (χ3v) is 4.39. The maximum Gasteiger partial charge on any atom is 0.279 e. The fourth-order valence-electron chi connectivity index (χ4n) is 3.27. The molecule has 0 bridgehead atoms. The largest absolute Gasteiger partial charge is 0.304 e. The van der Waals surface area contributed by atoms with Crippen molar-refractivity contribution in [2.75, 3.05) is 4.90 Å². The van der Waals surface area contributed by atoms with Crippen LogP contribution in [0.3, 0.4) is 0 Å². The molecule has 2 aromatic carbocycles. The van der Waals surface area contributed by atoms with Gasteiger partial charge in [-0.15, -0.1) is 0 Å². The zero-order valence-electron chi connectivity index (χ0n) is 12.9. The van der Waals surface area contributed by atoms with Gasteiger partial charge in [-0.1, -0.05) is 18.2 Å². The summed E-state index contributed by atoms with van der Waals surface area (Å²) in [5, 5.41) is 18.3. The molecule has 1 aromatic heterocycles. The van der Waals surface area contributed by atoms with Crippen LogP contribution in [0.1, 0.15) is 23.0 Å². The number of hydrogen-bond acceptors (Lipinski definition) is 4. The predicted molar refractivity (Wildman–Crippen MR) is 89.2 cm³/mol. The highest BCUT2D eigenvalue weighted by Gasteiger charge is 2.33. The summed E-state index contributed by atoms with van der Waals surface area (Å²) in [7, 11) is 0. The molecule has 0 saturated carbocycles. The van der Waals surface area contributed by atoms with Crippen LogP contribution in [0, 0.1) is 10.1 Å². The van der Waals surface area contributed by atoms with E-state index >= 15 is 0 Å². The van der Waals surface area contributed by atoms with Gasteiger partial charge in [0.2, 0.25) is 0 Å². The van der Waals surface area contributed by atoms with Crippen LogP contribution in [-0.4, -0.2) is 27.1 Å². The van der Waals surface area contributed by atoms with Gasteiger partial charge in [0.25, 0.3) is 11.6 Å². The highest BCUT2D eigenvalue weighted by Crippen LogP contribution is 2.34. The Bertz CT molecular complexity index is 979. The molecule has 3 aromatic rings. The number of benzene rings is 2. The molecule has 7 heteroatoms. The Hall–Kier alpha value is -3.22. The van der Waals surface area contributed by atoms with Crippen molar-refractivity contribution in [1.29, 1.82) is 0 Å². The van der Waals surface area contributed by atoms with Gasteiger partial charge in [0, 0.05) is 29.2 Å². The van der Waals surface area contributed by atoms with Gasteiger partial charge in [-0.3, -0.25) is 20.0 Å². The third kappa shape index (κ3) is 2.05. The minimum absolute atomic E-state index is 0.0142. The first-order chi connectivity index (χ1) is 11.6. The molecule has 1 amide bonds. The van der Waals surface area contributed by atoms with E-state index in [0.29, 0.717) is 10.9 Å². The van der Waals surface area contributed by atoms with Crippen LogP contribution in [0.5, 0.6) is 0 Å². The molecule has 0 unspecified atom stereocenters. The fraction of sp³-hybridized carbons (Fsp3) is 0.176. The van der Waals surface area contributed by atoms with Crippen molar-refractivity contribution in [1.82, 2.24) is 10.2 Å². The lowest BCUT2D eigenvalue weighted by atomic mass is 10.1. The molecule has 1 atom stereocenters. The minimum atomic E-state index is -0.478. The van der Waals surface area contributed by atoms with Gasteiger partial charge in [-0.2, -0.15) is 5.10 Å². The molecule has 0 fully saturated rings. The van der Waals surface area contributed by atoms with Crippen LogP contribution in [0.4, 0.5) is 11.4 Å². The summed E-state index contributed by atoms with van der Waals surface area (Å²) < 4.78 is 0. The Kier molecular flexibility index (Phi) is 3.09. The van der Waals surface area contributed by atoms with Crippen molar-refractivity contribution in [3.8, 4) is 0 Å². The van der Waals surface area contributed by atoms with Crippen LogP contribution in [-0.2, 0) is 6.42 Å². The third-order valence-electron chi connectivity index (χ3n) is 4.39. The number of fused-ring (bicyclic) bond motifs is 2. The fourth-order valence-corrected chi connectivity index (χ4v) is 3.27. The number of hydrogen-bond donors (Lipinski definition) is 1. The van der Waals surface area contributed by atoms with E-state index in [9.17, 15) is 14.9 Å². The normalized spacial score (nSPS) is 16.4. The predicted octanol–water partition coefficient (Wildman–Crippen LogP) is 3.06. The first kappa shape index (κ1) is 14.4. The molecule has 0 spiro atoms. The highest BCUT2D eigenvalue weighted by molar-refractivity contribution is 6.13. The van der Waals surface area contributed by atoms with Crippen molar-refractivity contribution in [3.05, 3.63) is 63.8 Å². The lowest BCUT2D eigenvalue weighted by molar-refractivity contribution is -0.384. The summed E-state index contributed by atoms with van der Waals surface area (Å²) in [5.74, 6) is -0.251. The van der Waals surface area contributed by atoms with Gasteiger partial charge in [0.15, 0.2) is 5.69 Å². The molecular formula is C17H14N4O3. The van der Waals surface area contributed by atoms with Crippen molar-refractivity contribution < 1.29 is 9.72 Å².